The lowest BCUT2D eigenvalue weighted by Gasteiger charge is -2.15. The van der Waals surface area contributed by atoms with Crippen molar-refractivity contribution in [2.24, 2.45) is 0 Å². The minimum absolute atomic E-state index is 0.0283. The van der Waals surface area contributed by atoms with E-state index < -0.39 is 11.9 Å². The first-order valence-corrected chi connectivity index (χ1v) is 6.21. The molecule has 0 aliphatic carbocycles. The Balaban J connectivity index is 2.91. The van der Waals surface area contributed by atoms with Gasteiger partial charge in [0.2, 0.25) is 0 Å². The van der Waals surface area contributed by atoms with Gasteiger partial charge in [0.1, 0.15) is 5.75 Å². The number of carboxylic acid groups (broad SMARTS) is 2. The van der Waals surface area contributed by atoms with Crippen molar-refractivity contribution in [1.29, 1.82) is 0 Å². The highest BCUT2D eigenvalue weighted by Gasteiger charge is 2.23. The van der Waals surface area contributed by atoms with Crippen LogP contribution in [0.1, 0.15) is 26.3 Å². The molecule has 0 fully saturated rings. The van der Waals surface area contributed by atoms with E-state index in [-0.39, 0.29) is 16.7 Å². The quantitative estimate of drug-likeness (QED) is 0.902. The van der Waals surface area contributed by atoms with Crippen LogP contribution in [0.4, 0.5) is 0 Å². The second kappa shape index (κ2) is 5.66. The van der Waals surface area contributed by atoms with Gasteiger partial charge in [-0.2, -0.15) is 0 Å². The Bertz CT molecular complexity index is 719. The van der Waals surface area contributed by atoms with Crippen LogP contribution in [-0.2, 0) is 0 Å². The van der Waals surface area contributed by atoms with E-state index in [2.05, 4.69) is 0 Å². The Morgan fingerprint density at radius 3 is 2.24 bits per heavy atom. The minimum Gasteiger partial charge on any atom is -0.496 e. The van der Waals surface area contributed by atoms with Gasteiger partial charge in [-0.05, 0) is 24.6 Å². The third-order valence-electron chi connectivity index (χ3n) is 3.23. The Morgan fingerprint density at radius 1 is 1.00 bits per heavy atom. The molecular weight excluding hydrogens is 272 g/mol. The summed E-state index contributed by atoms with van der Waals surface area (Å²) in [5.41, 5.74) is 1.00. The van der Waals surface area contributed by atoms with Crippen LogP contribution in [0.15, 0.2) is 36.4 Å². The van der Waals surface area contributed by atoms with Crippen molar-refractivity contribution < 1.29 is 24.5 Å². The molecule has 2 aromatic rings. The van der Waals surface area contributed by atoms with Gasteiger partial charge < -0.3 is 14.9 Å². The highest BCUT2D eigenvalue weighted by molar-refractivity contribution is 6.06. The zero-order chi connectivity index (χ0) is 15.6. The molecule has 108 valence electrons. The first-order valence-electron chi connectivity index (χ1n) is 6.21. The van der Waals surface area contributed by atoms with Gasteiger partial charge in [0, 0.05) is 11.1 Å². The van der Waals surface area contributed by atoms with E-state index >= 15 is 0 Å². The van der Waals surface area contributed by atoms with Gasteiger partial charge in [-0.15, -0.1) is 0 Å². The summed E-state index contributed by atoms with van der Waals surface area (Å²) in [6.07, 6.45) is 0. The van der Waals surface area contributed by atoms with Crippen LogP contribution in [0.3, 0.4) is 0 Å². The van der Waals surface area contributed by atoms with Crippen LogP contribution in [-0.4, -0.2) is 29.3 Å². The summed E-state index contributed by atoms with van der Waals surface area (Å²) >= 11 is 0. The average molecular weight is 286 g/mol. The third-order valence-corrected chi connectivity index (χ3v) is 3.23. The fourth-order valence-electron chi connectivity index (χ4n) is 2.29. The highest BCUT2D eigenvalue weighted by atomic mass is 16.5. The van der Waals surface area contributed by atoms with Crippen molar-refractivity contribution in [3.63, 3.8) is 0 Å². The van der Waals surface area contributed by atoms with Gasteiger partial charge >= 0.3 is 11.9 Å². The molecule has 0 radical (unpaired) electrons. The molecule has 0 atom stereocenters. The number of carbonyl (C=O) groups is 2. The van der Waals surface area contributed by atoms with Crippen LogP contribution in [0.25, 0.3) is 11.1 Å². The number of methoxy groups -OCH3 is 1. The van der Waals surface area contributed by atoms with Crippen LogP contribution in [0, 0.1) is 6.92 Å². The third kappa shape index (κ3) is 2.58. The van der Waals surface area contributed by atoms with Crippen LogP contribution >= 0.6 is 0 Å². The Morgan fingerprint density at radius 2 is 1.67 bits per heavy atom. The maximum atomic E-state index is 11.6. The second-order valence-corrected chi connectivity index (χ2v) is 4.49. The Hall–Kier alpha value is -2.82. The number of ether oxygens (including phenoxy) is 1. The molecule has 0 saturated heterocycles. The van der Waals surface area contributed by atoms with Crippen molar-refractivity contribution in [2.75, 3.05) is 7.11 Å². The number of benzene rings is 2. The van der Waals surface area contributed by atoms with E-state index in [4.69, 9.17) is 4.74 Å². The largest absolute Gasteiger partial charge is 0.496 e. The van der Waals surface area contributed by atoms with Crippen molar-refractivity contribution >= 4 is 11.9 Å². The van der Waals surface area contributed by atoms with Gasteiger partial charge in [-0.25, -0.2) is 9.59 Å². The number of para-hydroxylation sites is 1. The lowest BCUT2D eigenvalue weighted by atomic mass is 9.90. The molecule has 0 saturated carbocycles. The topological polar surface area (TPSA) is 83.8 Å². The maximum Gasteiger partial charge on any atom is 0.336 e. The van der Waals surface area contributed by atoms with E-state index in [1.807, 2.05) is 0 Å². The van der Waals surface area contributed by atoms with E-state index in [9.17, 15) is 19.8 Å². The summed E-state index contributed by atoms with van der Waals surface area (Å²) in [7, 11) is 1.45. The molecule has 0 amide bonds. The lowest BCUT2D eigenvalue weighted by molar-refractivity contribution is 0.0695. The van der Waals surface area contributed by atoms with Gasteiger partial charge in [-0.1, -0.05) is 24.3 Å². The number of hydrogen-bond acceptors (Lipinski definition) is 3. The summed E-state index contributed by atoms with van der Waals surface area (Å²) in [6.45, 7) is 1.63. The van der Waals surface area contributed by atoms with Crippen molar-refractivity contribution in [3.05, 3.63) is 53.1 Å². The molecule has 0 unspecified atom stereocenters. The molecule has 2 rings (SSSR count). The number of aryl methyl sites for hydroxylation is 1. The standard InChI is InChI=1S/C16H14O5/c1-9-7-8-11(15(17)18)14(13(9)16(19)20)10-5-3-4-6-12(10)21-2/h3-8H,1-2H3,(H,17,18)(H,19,20). The predicted octanol–water partition coefficient (Wildman–Crippen LogP) is 3.07. The lowest BCUT2D eigenvalue weighted by Crippen LogP contribution is -2.09. The van der Waals surface area contributed by atoms with E-state index in [0.717, 1.165) is 0 Å². The predicted molar refractivity (Wildman–Crippen MR) is 77.1 cm³/mol. The normalized spacial score (nSPS) is 10.2. The molecule has 21 heavy (non-hydrogen) atoms. The molecule has 2 aromatic carbocycles. The number of hydrogen-bond donors (Lipinski definition) is 2. The number of rotatable bonds is 4. The smallest absolute Gasteiger partial charge is 0.336 e. The van der Waals surface area contributed by atoms with Crippen LogP contribution in [0.2, 0.25) is 0 Å². The number of carboxylic acids is 2. The Labute approximate surface area is 121 Å². The first-order chi connectivity index (χ1) is 9.97. The van der Waals surface area contributed by atoms with Gasteiger partial charge in [-0.3, -0.25) is 0 Å². The number of aromatic carboxylic acids is 2. The van der Waals surface area contributed by atoms with Crippen LogP contribution < -0.4 is 4.74 Å². The molecular formula is C16H14O5. The van der Waals surface area contributed by atoms with Gasteiger partial charge in [0.25, 0.3) is 0 Å². The van der Waals surface area contributed by atoms with E-state index in [1.54, 1.807) is 31.2 Å². The van der Waals surface area contributed by atoms with Crippen molar-refractivity contribution in [3.8, 4) is 16.9 Å². The Kier molecular flexibility index (Phi) is 3.93. The molecule has 0 aliphatic heterocycles. The van der Waals surface area contributed by atoms with Crippen molar-refractivity contribution in [1.82, 2.24) is 0 Å². The van der Waals surface area contributed by atoms with E-state index in [1.165, 1.54) is 19.2 Å². The molecule has 5 heteroatoms. The summed E-state index contributed by atoms with van der Waals surface area (Å²) in [4.78, 5) is 23.0. The molecule has 0 heterocycles. The molecule has 0 spiro atoms. The molecule has 0 aliphatic rings. The van der Waals surface area contributed by atoms with E-state index in [0.29, 0.717) is 16.9 Å². The first kappa shape index (κ1) is 14.6. The molecule has 2 N–H and O–H groups in total. The summed E-state index contributed by atoms with van der Waals surface area (Å²) < 4.78 is 5.22. The summed E-state index contributed by atoms with van der Waals surface area (Å²) in [5, 5.41) is 18.8. The zero-order valence-corrected chi connectivity index (χ0v) is 11.6. The molecule has 0 aromatic heterocycles. The fraction of sp³-hybridized carbons (Fsp3) is 0.125. The summed E-state index contributed by atoms with van der Waals surface area (Å²) in [6, 6.07) is 9.65. The fourth-order valence-corrected chi connectivity index (χ4v) is 2.29. The van der Waals surface area contributed by atoms with Crippen LogP contribution in [0.5, 0.6) is 5.75 Å². The maximum absolute atomic E-state index is 11.6. The zero-order valence-electron chi connectivity index (χ0n) is 11.6. The monoisotopic (exact) mass is 286 g/mol. The molecule has 0 bridgehead atoms. The molecule has 5 nitrogen and oxygen atoms in total. The second-order valence-electron chi connectivity index (χ2n) is 4.49. The highest BCUT2D eigenvalue weighted by Crippen LogP contribution is 2.36. The minimum atomic E-state index is -1.18. The van der Waals surface area contributed by atoms with Crippen molar-refractivity contribution in [2.45, 2.75) is 6.92 Å². The van der Waals surface area contributed by atoms with Gasteiger partial charge in [0.05, 0.1) is 18.2 Å². The summed E-state index contributed by atoms with van der Waals surface area (Å²) in [5.74, 6) is -1.93. The van der Waals surface area contributed by atoms with Gasteiger partial charge in [0.15, 0.2) is 0 Å². The average Bonchev–Trinajstić information content (AvgIpc) is 2.46. The SMILES string of the molecule is COc1ccccc1-c1c(C(=O)O)ccc(C)c1C(=O)O.